The summed E-state index contributed by atoms with van der Waals surface area (Å²) in [4.78, 5) is 39.7. The zero-order chi connectivity index (χ0) is 18.0. The molecule has 0 bridgehead atoms. The quantitative estimate of drug-likeness (QED) is 0.595. The summed E-state index contributed by atoms with van der Waals surface area (Å²) >= 11 is 6.14. The minimum atomic E-state index is -0.572. The number of hydrogen-bond donors (Lipinski definition) is 0. The van der Waals surface area contributed by atoms with Crippen molar-refractivity contribution >= 4 is 35.1 Å². The Morgan fingerprint density at radius 2 is 1.80 bits per heavy atom. The van der Waals surface area contributed by atoms with Gasteiger partial charge in [0.15, 0.2) is 0 Å². The molecule has 2 aliphatic rings. The first kappa shape index (κ1) is 17.4. The number of benzene rings is 1. The van der Waals surface area contributed by atoms with Crippen LogP contribution in [0.1, 0.15) is 17.3 Å². The van der Waals surface area contributed by atoms with Gasteiger partial charge in [0.1, 0.15) is 10.7 Å². The van der Waals surface area contributed by atoms with Gasteiger partial charge in [0, 0.05) is 13.1 Å². The van der Waals surface area contributed by atoms with Gasteiger partial charge in [-0.15, -0.1) is 0 Å². The first-order valence-corrected chi connectivity index (χ1v) is 8.30. The largest absolute Gasteiger partial charge is 0.462 e. The summed E-state index contributed by atoms with van der Waals surface area (Å²) in [6.45, 7) is 3.94. The Bertz CT molecular complexity index is 738. The van der Waals surface area contributed by atoms with Crippen LogP contribution in [-0.4, -0.2) is 55.6 Å². The SMILES string of the molecule is CCOC(=O)c1ccc(N2C(=O)C(Cl)=C(N3CCOCC3)C2=O)cc1. The van der Waals surface area contributed by atoms with Gasteiger partial charge in [-0.3, -0.25) is 9.59 Å². The van der Waals surface area contributed by atoms with Crippen molar-refractivity contribution in [3.8, 4) is 0 Å². The predicted molar refractivity (Wildman–Crippen MR) is 90.2 cm³/mol. The van der Waals surface area contributed by atoms with Gasteiger partial charge in [0.05, 0.1) is 31.1 Å². The lowest BCUT2D eigenvalue weighted by molar-refractivity contribution is -0.121. The van der Waals surface area contributed by atoms with E-state index in [0.717, 1.165) is 4.90 Å². The van der Waals surface area contributed by atoms with Crippen molar-refractivity contribution < 1.29 is 23.9 Å². The summed E-state index contributed by atoms with van der Waals surface area (Å²) in [6, 6.07) is 6.06. The monoisotopic (exact) mass is 364 g/mol. The maximum atomic E-state index is 12.7. The van der Waals surface area contributed by atoms with Crippen LogP contribution in [-0.2, 0) is 19.1 Å². The van der Waals surface area contributed by atoms with Crippen molar-refractivity contribution in [3.63, 3.8) is 0 Å². The molecule has 132 valence electrons. The van der Waals surface area contributed by atoms with Crippen LogP contribution in [0.25, 0.3) is 0 Å². The van der Waals surface area contributed by atoms with Crippen LogP contribution in [0.15, 0.2) is 35.0 Å². The number of esters is 1. The highest BCUT2D eigenvalue weighted by molar-refractivity contribution is 6.52. The van der Waals surface area contributed by atoms with Crippen molar-refractivity contribution in [2.75, 3.05) is 37.8 Å². The van der Waals surface area contributed by atoms with Crippen molar-refractivity contribution in [2.24, 2.45) is 0 Å². The molecule has 2 amide bonds. The van der Waals surface area contributed by atoms with E-state index in [2.05, 4.69) is 0 Å². The number of morpholine rings is 1. The van der Waals surface area contributed by atoms with Crippen LogP contribution >= 0.6 is 11.6 Å². The van der Waals surface area contributed by atoms with E-state index in [0.29, 0.717) is 37.6 Å². The third-order valence-electron chi connectivity index (χ3n) is 3.97. The lowest BCUT2D eigenvalue weighted by Crippen LogP contribution is -2.40. The number of ether oxygens (including phenoxy) is 2. The standard InChI is InChI=1S/C17H17ClN2O5/c1-2-25-17(23)11-3-5-12(6-4-11)20-15(21)13(18)14(16(20)22)19-7-9-24-10-8-19/h3-6H,2,7-10H2,1H3. The minimum absolute atomic E-state index is 0.0960. The molecule has 0 aromatic heterocycles. The number of halogens is 1. The van der Waals surface area contributed by atoms with Gasteiger partial charge in [-0.1, -0.05) is 11.6 Å². The average molecular weight is 365 g/mol. The Labute approximate surface area is 149 Å². The molecule has 0 saturated carbocycles. The second kappa shape index (κ2) is 7.25. The van der Waals surface area contributed by atoms with E-state index in [9.17, 15) is 14.4 Å². The van der Waals surface area contributed by atoms with Crippen LogP contribution in [0, 0.1) is 0 Å². The van der Waals surface area contributed by atoms with Crippen LogP contribution in [0.2, 0.25) is 0 Å². The molecule has 0 radical (unpaired) electrons. The van der Waals surface area contributed by atoms with Gasteiger partial charge in [-0.25, -0.2) is 9.69 Å². The first-order valence-electron chi connectivity index (χ1n) is 7.93. The van der Waals surface area contributed by atoms with Crippen LogP contribution in [0.4, 0.5) is 5.69 Å². The molecule has 8 heteroatoms. The molecule has 0 unspecified atom stereocenters. The van der Waals surface area contributed by atoms with E-state index in [-0.39, 0.29) is 17.3 Å². The number of hydrogen-bond acceptors (Lipinski definition) is 6. The highest BCUT2D eigenvalue weighted by Crippen LogP contribution is 2.31. The predicted octanol–water partition coefficient (Wildman–Crippen LogP) is 1.52. The number of carbonyl (C=O) groups is 3. The lowest BCUT2D eigenvalue weighted by atomic mass is 10.2. The molecule has 2 aliphatic heterocycles. The summed E-state index contributed by atoms with van der Waals surface area (Å²) in [7, 11) is 0. The normalized spacial score (nSPS) is 18.2. The van der Waals surface area contributed by atoms with E-state index < -0.39 is 17.8 Å². The summed E-state index contributed by atoms with van der Waals surface area (Å²) in [5.74, 6) is -1.50. The smallest absolute Gasteiger partial charge is 0.338 e. The molecule has 0 spiro atoms. The Hall–Kier alpha value is -2.38. The van der Waals surface area contributed by atoms with E-state index >= 15 is 0 Å². The molecule has 0 N–H and O–H groups in total. The highest BCUT2D eigenvalue weighted by Gasteiger charge is 2.41. The van der Waals surface area contributed by atoms with Crippen molar-refractivity contribution in [3.05, 3.63) is 40.6 Å². The molecule has 3 rings (SSSR count). The van der Waals surface area contributed by atoms with Gasteiger partial charge in [0.25, 0.3) is 11.8 Å². The molecule has 1 saturated heterocycles. The Kier molecular flexibility index (Phi) is 5.06. The van der Waals surface area contributed by atoms with Gasteiger partial charge < -0.3 is 14.4 Å². The first-order chi connectivity index (χ1) is 12.0. The number of amides is 2. The summed E-state index contributed by atoms with van der Waals surface area (Å²) in [6.07, 6.45) is 0. The molecule has 2 heterocycles. The Morgan fingerprint density at radius 1 is 1.16 bits per heavy atom. The topological polar surface area (TPSA) is 76.2 Å². The number of imide groups is 1. The molecular weight excluding hydrogens is 348 g/mol. The molecular formula is C17H17ClN2O5. The van der Waals surface area contributed by atoms with E-state index in [4.69, 9.17) is 21.1 Å². The molecule has 7 nitrogen and oxygen atoms in total. The minimum Gasteiger partial charge on any atom is -0.462 e. The fraction of sp³-hybridized carbons (Fsp3) is 0.353. The number of nitrogens with zero attached hydrogens (tertiary/aromatic N) is 2. The Morgan fingerprint density at radius 3 is 2.40 bits per heavy atom. The third kappa shape index (κ3) is 3.25. The van der Waals surface area contributed by atoms with E-state index in [1.54, 1.807) is 11.8 Å². The Balaban J connectivity index is 1.83. The average Bonchev–Trinajstić information content (AvgIpc) is 2.85. The summed E-state index contributed by atoms with van der Waals surface area (Å²) in [5.41, 5.74) is 0.894. The van der Waals surface area contributed by atoms with Gasteiger partial charge in [-0.05, 0) is 31.2 Å². The van der Waals surface area contributed by atoms with Gasteiger partial charge in [0.2, 0.25) is 0 Å². The van der Waals surface area contributed by atoms with Crippen LogP contribution in [0.3, 0.4) is 0 Å². The second-order valence-electron chi connectivity index (χ2n) is 5.48. The second-order valence-corrected chi connectivity index (χ2v) is 5.85. The van der Waals surface area contributed by atoms with Gasteiger partial charge in [-0.2, -0.15) is 0 Å². The zero-order valence-electron chi connectivity index (χ0n) is 13.7. The molecule has 1 fully saturated rings. The molecule has 25 heavy (non-hydrogen) atoms. The van der Waals surface area contributed by atoms with Crippen LogP contribution in [0.5, 0.6) is 0 Å². The molecule has 0 aliphatic carbocycles. The van der Waals surface area contributed by atoms with E-state index in [1.807, 2.05) is 0 Å². The number of anilines is 1. The summed E-state index contributed by atoms with van der Waals surface area (Å²) < 4.78 is 10.2. The maximum Gasteiger partial charge on any atom is 0.338 e. The van der Waals surface area contributed by atoms with Gasteiger partial charge >= 0.3 is 5.97 Å². The fourth-order valence-electron chi connectivity index (χ4n) is 2.75. The maximum absolute atomic E-state index is 12.7. The van der Waals surface area contributed by atoms with Crippen LogP contribution < -0.4 is 4.90 Å². The lowest BCUT2D eigenvalue weighted by Gasteiger charge is -2.29. The molecule has 1 aromatic rings. The highest BCUT2D eigenvalue weighted by atomic mass is 35.5. The fourth-order valence-corrected chi connectivity index (χ4v) is 3.03. The third-order valence-corrected chi connectivity index (χ3v) is 4.31. The molecule has 0 atom stereocenters. The summed E-state index contributed by atoms with van der Waals surface area (Å²) in [5, 5.41) is -0.0960. The van der Waals surface area contributed by atoms with Crippen molar-refractivity contribution in [1.82, 2.24) is 4.90 Å². The number of rotatable bonds is 4. The molecule has 1 aromatic carbocycles. The van der Waals surface area contributed by atoms with Crippen molar-refractivity contribution in [1.29, 1.82) is 0 Å². The zero-order valence-corrected chi connectivity index (χ0v) is 14.4. The number of carbonyl (C=O) groups excluding carboxylic acids is 3. The van der Waals surface area contributed by atoms with E-state index in [1.165, 1.54) is 24.3 Å². The van der Waals surface area contributed by atoms with Crippen molar-refractivity contribution in [2.45, 2.75) is 6.92 Å².